The van der Waals surface area contributed by atoms with Crippen molar-refractivity contribution in [3.8, 4) is 5.75 Å². The number of hydrogen-bond donors (Lipinski definition) is 0. The van der Waals surface area contributed by atoms with Crippen LogP contribution in [0.25, 0.3) is 0 Å². The maximum Gasteiger partial charge on any atom is 0.273 e. The third-order valence-corrected chi connectivity index (χ3v) is 8.60. The molecule has 0 bridgehead atoms. The van der Waals surface area contributed by atoms with Gasteiger partial charge in [-0.1, -0.05) is 31.7 Å². The van der Waals surface area contributed by atoms with Crippen molar-refractivity contribution in [1.29, 1.82) is 0 Å². The van der Waals surface area contributed by atoms with Gasteiger partial charge in [-0.3, -0.25) is 9.10 Å². The van der Waals surface area contributed by atoms with Gasteiger partial charge in [0.2, 0.25) is 0 Å². The first-order chi connectivity index (χ1) is 13.9. The molecule has 0 radical (unpaired) electrons. The molecule has 0 saturated heterocycles. The monoisotopic (exact) mass is 436 g/mol. The van der Waals surface area contributed by atoms with Gasteiger partial charge in [-0.2, -0.15) is 0 Å². The molecule has 1 aromatic heterocycles. The second kappa shape index (κ2) is 9.63. The molecule has 0 N–H and O–H groups in total. The fourth-order valence-corrected chi connectivity index (χ4v) is 5.89. The van der Waals surface area contributed by atoms with Crippen LogP contribution in [0.5, 0.6) is 5.75 Å². The van der Waals surface area contributed by atoms with Gasteiger partial charge in [0.1, 0.15) is 9.96 Å². The number of anilines is 1. The fraction of sp³-hybridized carbons (Fsp3) is 0.476. The summed E-state index contributed by atoms with van der Waals surface area (Å²) < 4.78 is 32.4. The van der Waals surface area contributed by atoms with E-state index in [2.05, 4.69) is 0 Å². The van der Waals surface area contributed by atoms with E-state index < -0.39 is 10.0 Å². The molecule has 2 aromatic rings. The van der Waals surface area contributed by atoms with Gasteiger partial charge < -0.3 is 9.64 Å². The van der Waals surface area contributed by atoms with Crippen LogP contribution >= 0.6 is 11.3 Å². The van der Waals surface area contributed by atoms with Crippen molar-refractivity contribution in [3.63, 3.8) is 0 Å². The summed E-state index contributed by atoms with van der Waals surface area (Å²) in [6, 6.07) is 10.3. The number of likely N-dealkylation sites (N-methyl/N-ethyl adjacent to an activating group) is 1. The summed E-state index contributed by atoms with van der Waals surface area (Å²) in [5.74, 6) is 0.511. The quantitative estimate of drug-likeness (QED) is 0.612. The van der Waals surface area contributed by atoms with Crippen molar-refractivity contribution in [2.24, 2.45) is 0 Å². The number of rotatable bonds is 7. The Kier molecular flexibility index (Phi) is 7.18. The minimum atomic E-state index is -3.56. The van der Waals surface area contributed by atoms with Gasteiger partial charge in [-0.25, -0.2) is 8.42 Å². The topological polar surface area (TPSA) is 66.9 Å². The molecule has 0 spiro atoms. The van der Waals surface area contributed by atoms with E-state index in [4.69, 9.17) is 4.74 Å². The summed E-state index contributed by atoms with van der Waals surface area (Å²) in [7, 11) is -0.183. The Labute approximate surface area is 177 Å². The van der Waals surface area contributed by atoms with Gasteiger partial charge in [0, 0.05) is 20.1 Å². The van der Waals surface area contributed by atoms with Crippen LogP contribution in [0.15, 0.2) is 46.0 Å². The molecule has 1 aromatic carbocycles. The maximum absolute atomic E-state index is 12.6. The van der Waals surface area contributed by atoms with Gasteiger partial charge >= 0.3 is 0 Å². The number of carbonyl (C=O) groups excluding carboxylic acids is 1. The lowest BCUT2D eigenvalue weighted by atomic mass is 10.1. The van der Waals surface area contributed by atoms with Crippen LogP contribution in [-0.4, -0.2) is 46.0 Å². The van der Waals surface area contributed by atoms with Gasteiger partial charge in [0.25, 0.3) is 15.9 Å². The highest BCUT2D eigenvalue weighted by Crippen LogP contribution is 2.27. The predicted octanol–water partition coefficient (Wildman–Crippen LogP) is 4.13. The number of thiophene rings is 1. The van der Waals surface area contributed by atoms with Crippen LogP contribution in [-0.2, 0) is 14.8 Å². The molecule has 3 rings (SSSR count). The highest BCUT2D eigenvalue weighted by Gasteiger charge is 2.23. The first-order valence-electron chi connectivity index (χ1n) is 9.90. The molecular weight excluding hydrogens is 408 g/mol. The molecule has 1 aliphatic carbocycles. The molecule has 29 heavy (non-hydrogen) atoms. The van der Waals surface area contributed by atoms with E-state index in [1.807, 2.05) is 11.9 Å². The summed E-state index contributed by atoms with van der Waals surface area (Å²) in [5, 5.41) is 1.74. The van der Waals surface area contributed by atoms with Crippen LogP contribution in [0.1, 0.15) is 38.5 Å². The fourth-order valence-electron chi connectivity index (χ4n) is 3.53. The number of amides is 1. The normalized spacial score (nSPS) is 15.5. The Bertz CT molecular complexity index is 887. The van der Waals surface area contributed by atoms with Crippen LogP contribution in [0.4, 0.5) is 5.69 Å². The Hall–Kier alpha value is -2.06. The smallest absolute Gasteiger partial charge is 0.273 e. The zero-order chi connectivity index (χ0) is 20.9. The lowest BCUT2D eigenvalue weighted by Gasteiger charge is -2.27. The second-order valence-corrected chi connectivity index (χ2v) is 10.5. The number of hydrogen-bond acceptors (Lipinski definition) is 5. The number of carbonyl (C=O) groups is 1. The van der Waals surface area contributed by atoms with E-state index in [0.717, 1.165) is 12.8 Å². The molecule has 8 heteroatoms. The number of nitrogens with zero attached hydrogens (tertiary/aromatic N) is 2. The molecule has 0 unspecified atom stereocenters. The van der Waals surface area contributed by atoms with E-state index in [0.29, 0.717) is 21.7 Å². The molecule has 6 nitrogen and oxygen atoms in total. The third kappa shape index (κ3) is 5.30. The van der Waals surface area contributed by atoms with Gasteiger partial charge in [-0.05, 0) is 48.6 Å². The maximum atomic E-state index is 12.6. The Morgan fingerprint density at radius 1 is 1.07 bits per heavy atom. The minimum absolute atomic E-state index is 0.0182. The van der Waals surface area contributed by atoms with Gasteiger partial charge in [-0.15, -0.1) is 11.3 Å². The van der Waals surface area contributed by atoms with Crippen molar-refractivity contribution >= 4 is 33.0 Å². The van der Waals surface area contributed by atoms with Gasteiger partial charge in [0.05, 0.1) is 5.69 Å². The first-order valence-corrected chi connectivity index (χ1v) is 12.2. The average Bonchev–Trinajstić information content (AvgIpc) is 3.15. The van der Waals surface area contributed by atoms with Crippen molar-refractivity contribution in [2.75, 3.05) is 25.0 Å². The lowest BCUT2D eigenvalue weighted by Crippen LogP contribution is -2.39. The summed E-state index contributed by atoms with van der Waals surface area (Å²) >= 11 is 1.19. The molecule has 1 saturated carbocycles. The summed E-state index contributed by atoms with van der Waals surface area (Å²) in [6.07, 6.45) is 6.96. The Morgan fingerprint density at radius 3 is 2.31 bits per heavy atom. The van der Waals surface area contributed by atoms with E-state index in [1.165, 1.54) is 48.4 Å². The van der Waals surface area contributed by atoms with Crippen LogP contribution in [0, 0.1) is 0 Å². The molecule has 0 atom stereocenters. The summed E-state index contributed by atoms with van der Waals surface area (Å²) in [5.41, 5.74) is 0.535. The van der Waals surface area contributed by atoms with E-state index in [1.54, 1.807) is 41.8 Å². The average molecular weight is 437 g/mol. The second-order valence-electron chi connectivity index (χ2n) is 7.34. The third-order valence-electron chi connectivity index (χ3n) is 5.44. The van der Waals surface area contributed by atoms with Crippen molar-refractivity contribution in [1.82, 2.24) is 4.90 Å². The molecule has 1 aliphatic rings. The molecule has 158 valence electrons. The Balaban J connectivity index is 1.57. The SMILES string of the molecule is CN(C(=O)COc1ccc(N(C)S(=O)(=O)c2cccs2)cc1)C1CCCCCC1. The number of sulfonamides is 1. The van der Waals surface area contributed by atoms with Crippen molar-refractivity contribution < 1.29 is 17.9 Å². The zero-order valence-corrected chi connectivity index (χ0v) is 18.5. The van der Waals surface area contributed by atoms with Crippen LogP contribution in [0.3, 0.4) is 0 Å². The summed E-state index contributed by atoms with van der Waals surface area (Å²) in [6.45, 7) is -0.0182. The molecule has 1 amide bonds. The van der Waals surface area contributed by atoms with E-state index in [-0.39, 0.29) is 12.5 Å². The van der Waals surface area contributed by atoms with E-state index in [9.17, 15) is 13.2 Å². The summed E-state index contributed by atoms with van der Waals surface area (Å²) in [4.78, 5) is 14.3. The first kappa shape index (κ1) is 21.6. The van der Waals surface area contributed by atoms with Crippen LogP contribution in [0.2, 0.25) is 0 Å². The van der Waals surface area contributed by atoms with Crippen LogP contribution < -0.4 is 9.04 Å². The predicted molar refractivity (Wildman–Crippen MR) is 116 cm³/mol. The highest BCUT2D eigenvalue weighted by atomic mass is 32.2. The van der Waals surface area contributed by atoms with Gasteiger partial charge in [0.15, 0.2) is 6.61 Å². The zero-order valence-electron chi connectivity index (χ0n) is 16.9. The highest BCUT2D eigenvalue weighted by molar-refractivity contribution is 7.94. The number of benzene rings is 1. The number of ether oxygens (including phenoxy) is 1. The van der Waals surface area contributed by atoms with E-state index >= 15 is 0 Å². The largest absolute Gasteiger partial charge is 0.484 e. The van der Waals surface area contributed by atoms with Crippen molar-refractivity contribution in [2.45, 2.75) is 48.8 Å². The Morgan fingerprint density at radius 2 is 1.72 bits per heavy atom. The lowest BCUT2D eigenvalue weighted by molar-refractivity contribution is -0.134. The molecule has 1 fully saturated rings. The molecular formula is C21H28N2O4S2. The molecule has 1 heterocycles. The minimum Gasteiger partial charge on any atom is -0.484 e. The van der Waals surface area contributed by atoms with Crippen molar-refractivity contribution in [3.05, 3.63) is 41.8 Å². The molecule has 0 aliphatic heterocycles. The standard InChI is InChI=1S/C21H28N2O4S2/c1-22(17-8-5-3-4-6-9-17)20(24)16-27-19-13-11-18(12-14-19)23(2)29(25,26)21-10-7-15-28-21/h7,10-15,17H,3-6,8-9,16H2,1-2H3.